The van der Waals surface area contributed by atoms with Gasteiger partial charge in [-0.1, -0.05) is 17.7 Å². The molecule has 1 saturated carbocycles. The number of anilines is 2. The zero-order valence-electron chi connectivity index (χ0n) is 19.9. The van der Waals surface area contributed by atoms with Crippen LogP contribution >= 0.6 is 11.6 Å². The van der Waals surface area contributed by atoms with Gasteiger partial charge < -0.3 is 25.2 Å². The van der Waals surface area contributed by atoms with E-state index in [1.165, 1.54) is 6.42 Å². The third-order valence-electron chi connectivity index (χ3n) is 7.35. The predicted octanol–water partition coefficient (Wildman–Crippen LogP) is 3.28. The number of nitrogens with zero attached hydrogens (tertiary/aromatic N) is 4. The van der Waals surface area contributed by atoms with Gasteiger partial charge in [-0.25, -0.2) is 4.98 Å². The van der Waals surface area contributed by atoms with Crippen LogP contribution in [0.1, 0.15) is 35.2 Å². The van der Waals surface area contributed by atoms with Crippen molar-refractivity contribution in [2.24, 2.45) is 17.8 Å². The molecule has 0 radical (unpaired) electrons. The van der Waals surface area contributed by atoms with Crippen LogP contribution in [0.4, 0.5) is 11.8 Å². The van der Waals surface area contributed by atoms with Gasteiger partial charge in [0.05, 0.1) is 12.1 Å². The van der Waals surface area contributed by atoms with Gasteiger partial charge in [0.15, 0.2) is 0 Å². The van der Waals surface area contributed by atoms with Crippen LogP contribution in [0.2, 0.25) is 5.02 Å². The molecule has 9 heteroatoms. The van der Waals surface area contributed by atoms with Crippen molar-refractivity contribution in [3.63, 3.8) is 0 Å². The first-order valence-electron chi connectivity index (χ1n) is 12.1. The number of piperidine rings is 2. The average molecular weight is 485 g/mol. The minimum atomic E-state index is -0.134. The summed E-state index contributed by atoms with van der Waals surface area (Å²) in [6.45, 7) is 5.32. The van der Waals surface area contributed by atoms with Crippen LogP contribution in [-0.4, -0.2) is 67.7 Å². The number of amides is 1. The Kier molecular flexibility index (Phi) is 6.79. The summed E-state index contributed by atoms with van der Waals surface area (Å²) in [6, 6.07) is 5.66. The molecule has 2 aromatic rings. The second-order valence-electron chi connectivity index (χ2n) is 9.87. The standard InChI is InChI=1S/C25H33ClN6O2/c1-31-7-5-16(6-8-31)11-28-24(33)20-13-29-25(32-14-18-10-19(18)15-32)30-23(20)27-12-17-3-4-22(34-2)21(26)9-17/h3-4,9,13,16,18-19H,5-8,10-12,14-15H2,1-2H3,(H,28,33)(H,27,29,30). The lowest BCUT2D eigenvalue weighted by Crippen LogP contribution is -2.37. The van der Waals surface area contributed by atoms with Gasteiger partial charge in [-0.3, -0.25) is 4.79 Å². The number of nitrogens with one attached hydrogen (secondary N) is 2. The number of fused-ring (bicyclic) bond motifs is 1. The molecule has 2 N–H and O–H groups in total. The van der Waals surface area contributed by atoms with Crippen LogP contribution < -0.4 is 20.3 Å². The van der Waals surface area contributed by atoms with Crippen LogP contribution in [-0.2, 0) is 6.54 Å². The molecule has 34 heavy (non-hydrogen) atoms. The van der Waals surface area contributed by atoms with Crippen LogP contribution in [0.15, 0.2) is 24.4 Å². The van der Waals surface area contributed by atoms with Gasteiger partial charge in [-0.15, -0.1) is 0 Å². The second-order valence-corrected chi connectivity index (χ2v) is 10.3. The fraction of sp³-hybridized carbons (Fsp3) is 0.560. The fourth-order valence-corrected chi connectivity index (χ4v) is 5.27. The van der Waals surface area contributed by atoms with Gasteiger partial charge in [-0.05, 0) is 74.8 Å². The van der Waals surface area contributed by atoms with Crippen molar-refractivity contribution in [3.8, 4) is 5.75 Å². The summed E-state index contributed by atoms with van der Waals surface area (Å²) in [5, 5.41) is 7.03. The molecule has 2 unspecified atom stereocenters. The Morgan fingerprint density at radius 3 is 2.71 bits per heavy atom. The molecule has 0 spiro atoms. The summed E-state index contributed by atoms with van der Waals surface area (Å²) in [7, 11) is 3.74. The van der Waals surface area contributed by atoms with Crippen LogP contribution in [0.25, 0.3) is 0 Å². The SMILES string of the molecule is COc1ccc(CNc2nc(N3CC4CC4C3)ncc2C(=O)NCC2CCN(C)CC2)cc1Cl. The maximum atomic E-state index is 13.1. The van der Waals surface area contributed by atoms with Crippen LogP contribution in [0.5, 0.6) is 5.75 Å². The molecule has 2 atom stereocenters. The van der Waals surface area contributed by atoms with E-state index in [0.29, 0.717) is 47.1 Å². The van der Waals surface area contributed by atoms with E-state index in [2.05, 4.69) is 32.5 Å². The lowest BCUT2D eigenvalue weighted by atomic mass is 9.97. The van der Waals surface area contributed by atoms with Gasteiger partial charge in [-0.2, -0.15) is 4.98 Å². The zero-order chi connectivity index (χ0) is 23.7. The van der Waals surface area contributed by atoms with E-state index >= 15 is 0 Å². The number of hydrogen-bond acceptors (Lipinski definition) is 7. The van der Waals surface area contributed by atoms with E-state index in [9.17, 15) is 4.79 Å². The molecule has 8 nitrogen and oxygen atoms in total. The monoisotopic (exact) mass is 484 g/mol. The molecule has 3 fully saturated rings. The van der Waals surface area contributed by atoms with Crippen LogP contribution in [0, 0.1) is 17.8 Å². The lowest BCUT2D eigenvalue weighted by molar-refractivity contribution is 0.0939. The molecule has 1 aromatic carbocycles. The Morgan fingerprint density at radius 2 is 2.00 bits per heavy atom. The maximum absolute atomic E-state index is 13.1. The predicted molar refractivity (Wildman–Crippen MR) is 134 cm³/mol. The third-order valence-corrected chi connectivity index (χ3v) is 7.64. The number of hydrogen-bond donors (Lipinski definition) is 2. The topological polar surface area (TPSA) is 82.6 Å². The molecule has 0 bridgehead atoms. The van der Waals surface area contributed by atoms with Crippen LogP contribution in [0.3, 0.4) is 0 Å². The number of likely N-dealkylation sites (tertiary alicyclic amines) is 1. The highest BCUT2D eigenvalue weighted by Crippen LogP contribution is 2.45. The normalized spacial score (nSPS) is 22.4. The van der Waals surface area contributed by atoms with E-state index in [1.807, 2.05) is 18.2 Å². The lowest BCUT2D eigenvalue weighted by Gasteiger charge is -2.29. The van der Waals surface area contributed by atoms with Crippen molar-refractivity contribution in [3.05, 3.63) is 40.5 Å². The maximum Gasteiger partial charge on any atom is 0.256 e. The van der Waals surface area contributed by atoms with Gasteiger partial charge in [0.2, 0.25) is 5.95 Å². The van der Waals surface area contributed by atoms with Crippen molar-refractivity contribution >= 4 is 29.3 Å². The van der Waals surface area contributed by atoms with E-state index in [4.69, 9.17) is 21.3 Å². The molecular weight excluding hydrogens is 452 g/mol. The van der Waals surface area contributed by atoms with Crippen molar-refractivity contribution in [2.45, 2.75) is 25.8 Å². The number of aromatic nitrogens is 2. The summed E-state index contributed by atoms with van der Waals surface area (Å²) in [5.41, 5.74) is 1.45. The molecule has 2 saturated heterocycles. The van der Waals surface area contributed by atoms with Gasteiger partial charge in [0.25, 0.3) is 5.91 Å². The number of rotatable bonds is 8. The molecule has 1 amide bonds. The van der Waals surface area contributed by atoms with E-state index in [1.54, 1.807) is 13.3 Å². The zero-order valence-corrected chi connectivity index (χ0v) is 20.6. The highest BCUT2D eigenvalue weighted by atomic mass is 35.5. The summed E-state index contributed by atoms with van der Waals surface area (Å²) < 4.78 is 5.25. The van der Waals surface area contributed by atoms with Crippen molar-refractivity contribution in [1.82, 2.24) is 20.2 Å². The molecule has 3 heterocycles. The first-order chi connectivity index (χ1) is 16.5. The number of methoxy groups -OCH3 is 1. The summed E-state index contributed by atoms with van der Waals surface area (Å²) in [6.07, 6.45) is 5.19. The third kappa shape index (κ3) is 5.23. The minimum Gasteiger partial charge on any atom is -0.495 e. The largest absolute Gasteiger partial charge is 0.495 e. The minimum absolute atomic E-state index is 0.134. The van der Waals surface area contributed by atoms with Crippen molar-refractivity contribution in [1.29, 1.82) is 0 Å². The number of halogens is 1. The first-order valence-corrected chi connectivity index (χ1v) is 12.5. The van der Waals surface area contributed by atoms with Crippen molar-refractivity contribution < 1.29 is 9.53 Å². The molecule has 182 valence electrons. The van der Waals surface area contributed by atoms with E-state index < -0.39 is 0 Å². The summed E-state index contributed by atoms with van der Waals surface area (Å²) >= 11 is 6.29. The summed E-state index contributed by atoms with van der Waals surface area (Å²) in [4.78, 5) is 27.0. The Morgan fingerprint density at radius 1 is 1.24 bits per heavy atom. The molecule has 5 rings (SSSR count). The Balaban J connectivity index is 1.30. The summed E-state index contributed by atoms with van der Waals surface area (Å²) in [5.74, 6) is 3.81. The van der Waals surface area contributed by atoms with Gasteiger partial charge in [0, 0.05) is 32.4 Å². The smallest absolute Gasteiger partial charge is 0.256 e. The number of benzene rings is 1. The molecule has 1 aromatic heterocycles. The van der Waals surface area contributed by atoms with Gasteiger partial charge in [0.1, 0.15) is 17.1 Å². The Hall–Kier alpha value is -2.58. The molecule has 1 aliphatic carbocycles. The fourth-order valence-electron chi connectivity index (χ4n) is 4.99. The average Bonchev–Trinajstić information content (AvgIpc) is 3.46. The molecular formula is C25H33ClN6O2. The molecule has 2 aliphatic heterocycles. The second kappa shape index (κ2) is 9.96. The van der Waals surface area contributed by atoms with Crippen molar-refractivity contribution in [2.75, 3.05) is 57.1 Å². The first kappa shape index (κ1) is 23.2. The van der Waals surface area contributed by atoms with E-state index in [0.717, 1.165) is 56.4 Å². The number of carbonyl (C=O) groups is 1. The van der Waals surface area contributed by atoms with Gasteiger partial charge >= 0.3 is 0 Å². The Bertz CT molecular complexity index is 1030. The number of carbonyl (C=O) groups excluding carboxylic acids is 1. The quantitative estimate of drug-likeness (QED) is 0.595. The Labute approximate surface area is 206 Å². The highest BCUT2D eigenvalue weighted by Gasteiger charge is 2.46. The molecule has 3 aliphatic rings. The highest BCUT2D eigenvalue weighted by molar-refractivity contribution is 6.32. The van der Waals surface area contributed by atoms with E-state index in [-0.39, 0.29) is 5.91 Å². The number of ether oxygens (including phenoxy) is 1.